The van der Waals surface area contributed by atoms with Crippen LogP contribution >= 0.6 is 0 Å². The molecule has 0 spiro atoms. The van der Waals surface area contributed by atoms with Gasteiger partial charge in [-0.3, -0.25) is 9.59 Å². The SMILES string of the molecule is CC(C)=C/C(=C\C=C(/C)NCCCCNC(=O)C=C1c2ccccc2-c2ccccc21)C(=O)Nc1ccccc1N. The van der Waals surface area contributed by atoms with Gasteiger partial charge in [-0.1, -0.05) is 72.3 Å². The van der Waals surface area contributed by atoms with E-state index in [0.717, 1.165) is 47.4 Å². The van der Waals surface area contributed by atoms with Crippen LogP contribution in [0, 0.1) is 0 Å². The van der Waals surface area contributed by atoms with Crippen molar-refractivity contribution in [1.82, 2.24) is 10.6 Å². The van der Waals surface area contributed by atoms with Gasteiger partial charge in [-0.05, 0) is 85.7 Å². The van der Waals surface area contributed by atoms with Crippen LogP contribution < -0.4 is 21.7 Å². The minimum atomic E-state index is -0.219. The van der Waals surface area contributed by atoms with Crippen LogP contribution in [0.3, 0.4) is 0 Å². The zero-order chi connectivity index (χ0) is 29.2. The Morgan fingerprint density at radius 2 is 1.29 bits per heavy atom. The molecule has 0 heterocycles. The molecule has 0 unspecified atom stereocenters. The van der Waals surface area contributed by atoms with E-state index in [0.29, 0.717) is 23.5 Å². The lowest BCUT2D eigenvalue weighted by molar-refractivity contribution is -0.116. The van der Waals surface area contributed by atoms with E-state index in [9.17, 15) is 9.59 Å². The van der Waals surface area contributed by atoms with E-state index in [-0.39, 0.29) is 11.8 Å². The maximum Gasteiger partial charge on any atom is 0.255 e. The molecule has 1 aliphatic carbocycles. The summed E-state index contributed by atoms with van der Waals surface area (Å²) < 4.78 is 0. The summed E-state index contributed by atoms with van der Waals surface area (Å²) in [6, 6.07) is 23.6. The number of rotatable bonds is 11. The summed E-state index contributed by atoms with van der Waals surface area (Å²) in [5.41, 5.74) is 15.1. The van der Waals surface area contributed by atoms with E-state index in [1.165, 1.54) is 11.1 Å². The monoisotopic (exact) mass is 546 g/mol. The number of nitrogen functional groups attached to an aromatic ring is 1. The Bertz CT molecular complexity index is 1490. The number of carbonyl (C=O) groups is 2. The predicted octanol–water partition coefficient (Wildman–Crippen LogP) is 6.60. The molecule has 0 aromatic heterocycles. The van der Waals surface area contributed by atoms with Gasteiger partial charge in [-0.2, -0.15) is 0 Å². The van der Waals surface area contributed by atoms with Gasteiger partial charge in [0.05, 0.1) is 11.4 Å². The van der Waals surface area contributed by atoms with E-state index in [1.807, 2.05) is 69.3 Å². The smallest absolute Gasteiger partial charge is 0.255 e. The maximum absolute atomic E-state index is 12.9. The standard InChI is InChI=1S/C35H38N4O2/c1-24(2)22-26(35(41)39-33-17-9-8-16-32(33)36)19-18-25(3)37-20-10-11-21-38-34(40)23-31-29-14-6-4-12-27(29)28-13-5-7-15-30(28)31/h4-9,12-19,22-23,37H,10-11,20-21,36H2,1-3H3,(H,38,40)(H,39,41)/b25-18+,26-19+. The summed E-state index contributed by atoms with van der Waals surface area (Å²) in [5, 5.41) is 9.29. The van der Waals surface area contributed by atoms with Gasteiger partial charge in [0.2, 0.25) is 5.91 Å². The van der Waals surface area contributed by atoms with Gasteiger partial charge in [0, 0.05) is 30.4 Å². The quantitative estimate of drug-likeness (QED) is 0.0737. The van der Waals surface area contributed by atoms with Crippen LogP contribution in [0.1, 0.15) is 44.7 Å². The normalized spacial score (nSPS) is 12.2. The number of hydrogen-bond donors (Lipinski definition) is 4. The number of unbranched alkanes of at least 4 members (excludes halogenated alkanes) is 1. The van der Waals surface area contributed by atoms with Crippen LogP contribution in [-0.2, 0) is 9.59 Å². The minimum Gasteiger partial charge on any atom is -0.397 e. The molecule has 0 aliphatic heterocycles. The first-order valence-electron chi connectivity index (χ1n) is 14.0. The summed E-state index contributed by atoms with van der Waals surface area (Å²) in [5.74, 6) is -0.300. The molecule has 0 fully saturated rings. The van der Waals surface area contributed by atoms with E-state index in [2.05, 4.69) is 40.2 Å². The number of allylic oxidation sites excluding steroid dienone is 4. The molecule has 210 valence electrons. The van der Waals surface area contributed by atoms with Crippen molar-refractivity contribution in [3.05, 3.63) is 125 Å². The fourth-order valence-corrected chi connectivity index (χ4v) is 4.71. The van der Waals surface area contributed by atoms with E-state index < -0.39 is 0 Å². The lowest BCUT2D eigenvalue weighted by atomic mass is 10.0. The molecule has 2 amide bonds. The lowest BCUT2D eigenvalue weighted by Gasteiger charge is -2.09. The maximum atomic E-state index is 12.9. The lowest BCUT2D eigenvalue weighted by Crippen LogP contribution is -2.23. The topological polar surface area (TPSA) is 96.2 Å². The summed E-state index contributed by atoms with van der Waals surface area (Å²) >= 11 is 0. The highest BCUT2D eigenvalue weighted by Gasteiger charge is 2.22. The second-order valence-corrected chi connectivity index (χ2v) is 10.3. The largest absolute Gasteiger partial charge is 0.397 e. The van der Waals surface area contributed by atoms with Gasteiger partial charge in [0.1, 0.15) is 0 Å². The molecule has 6 heteroatoms. The number of benzene rings is 3. The highest BCUT2D eigenvalue weighted by atomic mass is 16.2. The molecule has 0 radical (unpaired) electrons. The summed E-state index contributed by atoms with van der Waals surface area (Å²) in [7, 11) is 0. The Labute approximate surface area is 242 Å². The van der Waals surface area contributed by atoms with Crippen LogP contribution in [-0.4, -0.2) is 24.9 Å². The van der Waals surface area contributed by atoms with Gasteiger partial charge in [0.25, 0.3) is 5.91 Å². The number of fused-ring (bicyclic) bond motifs is 3. The number of carbonyl (C=O) groups excluding carboxylic acids is 2. The zero-order valence-electron chi connectivity index (χ0n) is 24.0. The van der Waals surface area contributed by atoms with Gasteiger partial charge in [-0.15, -0.1) is 0 Å². The van der Waals surface area contributed by atoms with Crippen molar-refractivity contribution in [2.75, 3.05) is 24.1 Å². The van der Waals surface area contributed by atoms with Crippen molar-refractivity contribution in [1.29, 1.82) is 0 Å². The minimum absolute atomic E-state index is 0.0805. The Balaban J connectivity index is 1.25. The predicted molar refractivity (Wildman–Crippen MR) is 170 cm³/mol. The van der Waals surface area contributed by atoms with Crippen LogP contribution in [0.2, 0.25) is 0 Å². The summed E-state index contributed by atoms with van der Waals surface area (Å²) in [6.45, 7) is 7.23. The molecule has 3 aromatic carbocycles. The fourth-order valence-electron chi connectivity index (χ4n) is 4.71. The Hall–Kier alpha value is -4.84. The highest BCUT2D eigenvalue weighted by molar-refractivity contribution is 6.08. The number of nitrogens with one attached hydrogen (secondary N) is 3. The third kappa shape index (κ3) is 7.85. The molecule has 6 nitrogen and oxygen atoms in total. The van der Waals surface area contributed by atoms with Crippen LogP contribution in [0.15, 0.2) is 114 Å². The number of para-hydroxylation sites is 2. The molecule has 1 aliphatic rings. The first kappa shape index (κ1) is 29.2. The first-order chi connectivity index (χ1) is 19.8. The number of nitrogens with two attached hydrogens (primary N) is 1. The number of hydrogen-bond acceptors (Lipinski definition) is 4. The Morgan fingerprint density at radius 1 is 0.732 bits per heavy atom. The van der Waals surface area contributed by atoms with Crippen molar-refractivity contribution < 1.29 is 9.59 Å². The van der Waals surface area contributed by atoms with E-state index in [1.54, 1.807) is 24.3 Å². The van der Waals surface area contributed by atoms with Crippen molar-refractivity contribution in [2.24, 2.45) is 0 Å². The molecule has 41 heavy (non-hydrogen) atoms. The van der Waals surface area contributed by atoms with Crippen molar-refractivity contribution in [3.8, 4) is 11.1 Å². The molecule has 3 aromatic rings. The van der Waals surface area contributed by atoms with Crippen molar-refractivity contribution in [3.63, 3.8) is 0 Å². The molecule has 0 saturated carbocycles. The van der Waals surface area contributed by atoms with Gasteiger partial charge < -0.3 is 21.7 Å². The van der Waals surface area contributed by atoms with E-state index in [4.69, 9.17) is 5.73 Å². The molecule has 4 rings (SSSR count). The molecule has 0 atom stereocenters. The second kappa shape index (κ2) is 14.0. The van der Waals surface area contributed by atoms with E-state index >= 15 is 0 Å². The third-order valence-electron chi connectivity index (χ3n) is 6.73. The van der Waals surface area contributed by atoms with Crippen molar-refractivity contribution >= 4 is 28.8 Å². The van der Waals surface area contributed by atoms with Gasteiger partial charge in [0.15, 0.2) is 0 Å². The summed E-state index contributed by atoms with van der Waals surface area (Å²) in [6.07, 6.45) is 9.01. The van der Waals surface area contributed by atoms with Crippen LogP contribution in [0.4, 0.5) is 11.4 Å². The van der Waals surface area contributed by atoms with Crippen molar-refractivity contribution in [2.45, 2.75) is 33.6 Å². The average Bonchev–Trinajstić information content (AvgIpc) is 3.27. The van der Waals surface area contributed by atoms with Gasteiger partial charge in [-0.25, -0.2) is 0 Å². The molecular weight excluding hydrogens is 508 g/mol. The van der Waals surface area contributed by atoms with Crippen LogP contribution in [0.5, 0.6) is 0 Å². The molecular formula is C35H38N4O2. The number of anilines is 2. The first-order valence-corrected chi connectivity index (χ1v) is 14.0. The Morgan fingerprint density at radius 3 is 1.90 bits per heavy atom. The molecule has 0 bridgehead atoms. The Kier molecular flexibility index (Phi) is 9.94. The number of amides is 2. The van der Waals surface area contributed by atoms with Crippen LogP contribution in [0.25, 0.3) is 16.7 Å². The summed E-state index contributed by atoms with van der Waals surface area (Å²) in [4.78, 5) is 25.6. The third-order valence-corrected chi connectivity index (χ3v) is 6.73. The zero-order valence-corrected chi connectivity index (χ0v) is 24.0. The average molecular weight is 547 g/mol. The molecule has 5 N–H and O–H groups in total. The fraction of sp³-hybridized carbons (Fsp3) is 0.200. The molecule has 0 saturated heterocycles. The second-order valence-electron chi connectivity index (χ2n) is 10.3. The highest BCUT2D eigenvalue weighted by Crippen LogP contribution is 2.43. The van der Waals surface area contributed by atoms with Gasteiger partial charge >= 0.3 is 0 Å².